The van der Waals surface area contributed by atoms with Gasteiger partial charge >= 0.3 is 0 Å². The minimum atomic E-state index is 0.232. The van der Waals surface area contributed by atoms with Gasteiger partial charge in [0.1, 0.15) is 0 Å². The highest BCUT2D eigenvalue weighted by Crippen LogP contribution is 2.23. The van der Waals surface area contributed by atoms with Gasteiger partial charge in [0.15, 0.2) is 0 Å². The summed E-state index contributed by atoms with van der Waals surface area (Å²) in [6.07, 6.45) is 1.10. The third kappa shape index (κ3) is 2.04. The van der Waals surface area contributed by atoms with E-state index in [1.807, 2.05) is 0 Å². The van der Waals surface area contributed by atoms with Gasteiger partial charge in [-0.15, -0.1) is 0 Å². The van der Waals surface area contributed by atoms with Crippen molar-refractivity contribution in [2.24, 2.45) is 0 Å². The standard InChI is InChI=1S/C11H15S/c1-4-10-5-6-11(9(3)12)8(2)7-10/h5-7,9H,4H2,1-3H3. The summed E-state index contributed by atoms with van der Waals surface area (Å²) in [7, 11) is 0. The molecule has 0 fully saturated rings. The van der Waals surface area contributed by atoms with Gasteiger partial charge in [0.25, 0.3) is 0 Å². The summed E-state index contributed by atoms with van der Waals surface area (Å²) in [4.78, 5) is 0. The average molecular weight is 179 g/mol. The minimum absolute atomic E-state index is 0.232. The van der Waals surface area contributed by atoms with Crippen LogP contribution in [0.5, 0.6) is 0 Å². The van der Waals surface area contributed by atoms with Crippen LogP contribution in [0, 0.1) is 6.92 Å². The largest absolute Gasteiger partial charge is 0.0856 e. The van der Waals surface area contributed by atoms with E-state index >= 15 is 0 Å². The van der Waals surface area contributed by atoms with E-state index in [1.54, 1.807) is 0 Å². The lowest BCUT2D eigenvalue weighted by molar-refractivity contribution is 1.06. The Bertz CT molecular complexity index is 264. The van der Waals surface area contributed by atoms with Crippen LogP contribution in [0.2, 0.25) is 0 Å². The van der Waals surface area contributed by atoms with Gasteiger partial charge in [-0.2, -0.15) is 0 Å². The molecular weight excluding hydrogens is 164 g/mol. The van der Waals surface area contributed by atoms with Crippen molar-refractivity contribution in [3.63, 3.8) is 0 Å². The quantitative estimate of drug-likeness (QED) is 0.647. The molecule has 0 aliphatic rings. The van der Waals surface area contributed by atoms with Crippen molar-refractivity contribution in [3.8, 4) is 0 Å². The average Bonchev–Trinajstić information content (AvgIpc) is 2.03. The van der Waals surface area contributed by atoms with Crippen molar-refractivity contribution in [1.82, 2.24) is 0 Å². The minimum Gasteiger partial charge on any atom is -0.0856 e. The van der Waals surface area contributed by atoms with Gasteiger partial charge in [0, 0.05) is 5.25 Å². The van der Waals surface area contributed by atoms with Gasteiger partial charge in [-0.3, -0.25) is 0 Å². The Kier molecular flexibility index (Phi) is 3.21. The predicted octanol–water partition coefficient (Wildman–Crippen LogP) is 3.82. The fourth-order valence-corrected chi connectivity index (χ4v) is 1.68. The monoisotopic (exact) mass is 179 g/mol. The second kappa shape index (κ2) is 3.99. The van der Waals surface area contributed by atoms with Crippen LogP contribution in [0.1, 0.15) is 35.8 Å². The molecule has 1 aromatic carbocycles. The Morgan fingerprint density at radius 3 is 2.50 bits per heavy atom. The predicted molar refractivity (Wildman–Crippen MR) is 56.6 cm³/mol. The first kappa shape index (κ1) is 9.66. The van der Waals surface area contributed by atoms with E-state index < -0.39 is 0 Å². The summed E-state index contributed by atoms with van der Waals surface area (Å²) in [5.74, 6) is 0. The van der Waals surface area contributed by atoms with Crippen LogP contribution in [0.25, 0.3) is 0 Å². The van der Waals surface area contributed by atoms with Crippen LogP contribution in [-0.4, -0.2) is 0 Å². The van der Waals surface area contributed by atoms with E-state index in [9.17, 15) is 0 Å². The van der Waals surface area contributed by atoms with Crippen molar-refractivity contribution < 1.29 is 0 Å². The number of hydrogen-bond acceptors (Lipinski definition) is 0. The second-order valence-electron chi connectivity index (χ2n) is 3.19. The topological polar surface area (TPSA) is 0 Å². The molecule has 0 bridgehead atoms. The fourth-order valence-electron chi connectivity index (χ4n) is 1.41. The van der Waals surface area contributed by atoms with Crippen LogP contribution >= 0.6 is 12.6 Å². The van der Waals surface area contributed by atoms with Gasteiger partial charge in [-0.05, 0) is 37.0 Å². The molecule has 0 saturated heterocycles. The third-order valence-corrected chi connectivity index (χ3v) is 2.43. The molecule has 1 rings (SSSR count). The molecule has 0 aliphatic heterocycles. The molecule has 0 aliphatic carbocycles. The first-order valence-electron chi connectivity index (χ1n) is 4.40. The lowest BCUT2D eigenvalue weighted by Gasteiger charge is -2.09. The molecule has 0 amide bonds. The number of hydrogen-bond donors (Lipinski definition) is 0. The zero-order chi connectivity index (χ0) is 9.14. The maximum absolute atomic E-state index is 5.21. The molecule has 65 valence electrons. The molecule has 0 nitrogen and oxygen atoms in total. The number of aryl methyl sites for hydroxylation is 2. The van der Waals surface area contributed by atoms with Crippen LogP contribution in [0.4, 0.5) is 0 Å². The van der Waals surface area contributed by atoms with Crippen molar-refractivity contribution in [3.05, 3.63) is 34.9 Å². The highest BCUT2D eigenvalue weighted by Gasteiger charge is 2.03. The third-order valence-electron chi connectivity index (χ3n) is 2.18. The molecule has 0 N–H and O–H groups in total. The Labute approximate surface area is 80.4 Å². The molecule has 0 heterocycles. The molecule has 12 heavy (non-hydrogen) atoms. The molecule has 1 aromatic rings. The summed E-state index contributed by atoms with van der Waals surface area (Å²) in [5, 5.41) is 0.232. The lowest BCUT2D eigenvalue weighted by Crippen LogP contribution is -1.91. The summed E-state index contributed by atoms with van der Waals surface area (Å²) in [5.41, 5.74) is 4.02. The summed E-state index contributed by atoms with van der Waals surface area (Å²) in [6.45, 7) is 6.37. The van der Waals surface area contributed by atoms with Gasteiger partial charge in [0.2, 0.25) is 0 Å². The lowest BCUT2D eigenvalue weighted by atomic mass is 10.0. The van der Waals surface area contributed by atoms with E-state index in [-0.39, 0.29) is 5.25 Å². The molecular formula is C11H15S. The van der Waals surface area contributed by atoms with Crippen LogP contribution < -0.4 is 0 Å². The van der Waals surface area contributed by atoms with Crippen molar-refractivity contribution >= 4 is 12.6 Å². The Balaban J connectivity index is 3.03. The summed E-state index contributed by atoms with van der Waals surface area (Å²) < 4.78 is 0. The van der Waals surface area contributed by atoms with Crippen LogP contribution in [0.3, 0.4) is 0 Å². The van der Waals surface area contributed by atoms with Gasteiger partial charge in [0.05, 0.1) is 0 Å². The van der Waals surface area contributed by atoms with Crippen molar-refractivity contribution in [2.75, 3.05) is 0 Å². The number of rotatable bonds is 2. The molecule has 1 unspecified atom stereocenters. The fraction of sp³-hybridized carbons (Fsp3) is 0.455. The van der Waals surface area contributed by atoms with Crippen LogP contribution in [0.15, 0.2) is 18.2 Å². The Morgan fingerprint density at radius 1 is 1.42 bits per heavy atom. The zero-order valence-electron chi connectivity index (χ0n) is 7.92. The van der Waals surface area contributed by atoms with Gasteiger partial charge in [-0.25, -0.2) is 0 Å². The van der Waals surface area contributed by atoms with Crippen molar-refractivity contribution in [2.45, 2.75) is 32.4 Å². The van der Waals surface area contributed by atoms with Crippen LogP contribution in [-0.2, 0) is 6.42 Å². The summed E-state index contributed by atoms with van der Waals surface area (Å²) >= 11 is 5.21. The van der Waals surface area contributed by atoms with E-state index in [1.165, 1.54) is 16.7 Å². The van der Waals surface area contributed by atoms with E-state index in [4.69, 9.17) is 12.6 Å². The van der Waals surface area contributed by atoms with Crippen molar-refractivity contribution in [1.29, 1.82) is 0 Å². The number of benzene rings is 1. The SMILES string of the molecule is CCc1ccc(C(C)[S])c(C)c1. The maximum Gasteiger partial charge on any atom is 0.0375 e. The van der Waals surface area contributed by atoms with Gasteiger partial charge < -0.3 is 0 Å². The second-order valence-corrected chi connectivity index (χ2v) is 3.89. The molecule has 0 spiro atoms. The first-order chi connectivity index (χ1) is 5.65. The zero-order valence-corrected chi connectivity index (χ0v) is 8.74. The Hall–Kier alpha value is -0.430. The highest BCUT2D eigenvalue weighted by molar-refractivity contribution is 7.80. The van der Waals surface area contributed by atoms with E-state index in [0.717, 1.165) is 6.42 Å². The van der Waals surface area contributed by atoms with Gasteiger partial charge in [-0.1, -0.05) is 37.8 Å². The molecule has 0 saturated carbocycles. The maximum atomic E-state index is 5.21. The molecule has 1 atom stereocenters. The van der Waals surface area contributed by atoms with E-state index in [0.29, 0.717) is 0 Å². The first-order valence-corrected chi connectivity index (χ1v) is 4.87. The normalized spacial score (nSPS) is 13.0. The highest BCUT2D eigenvalue weighted by atomic mass is 32.1. The molecule has 1 radical (unpaired) electrons. The smallest absolute Gasteiger partial charge is 0.0375 e. The van der Waals surface area contributed by atoms with E-state index in [2.05, 4.69) is 39.0 Å². The Morgan fingerprint density at radius 2 is 2.08 bits per heavy atom. The molecule has 1 heteroatoms. The molecule has 0 aromatic heterocycles. The summed E-state index contributed by atoms with van der Waals surface area (Å²) in [6, 6.07) is 6.56.